The van der Waals surface area contributed by atoms with Crippen molar-refractivity contribution < 1.29 is 18.3 Å². The smallest absolute Gasteiger partial charge is 0.156 e. The first kappa shape index (κ1) is 17.1. The maximum absolute atomic E-state index is 11.9. The summed E-state index contributed by atoms with van der Waals surface area (Å²) >= 11 is 0. The molecule has 0 fully saturated rings. The third-order valence-electron chi connectivity index (χ3n) is 2.98. The highest BCUT2D eigenvalue weighted by molar-refractivity contribution is 7.90. The Morgan fingerprint density at radius 1 is 1.10 bits per heavy atom. The fraction of sp³-hybridized carbons (Fsp3) is 0.600. The second-order valence-electron chi connectivity index (χ2n) is 5.87. The van der Waals surface area contributed by atoms with Crippen molar-refractivity contribution >= 4 is 9.84 Å². The van der Waals surface area contributed by atoms with Crippen molar-refractivity contribution in [1.82, 2.24) is 0 Å². The largest absolute Gasteiger partial charge is 0.394 e. The van der Waals surface area contributed by atoms with Gasteiger partial charge in [0.2, 0.25) is 0 Å². The van der Waals surface area contributed by atoms with E-state index in [1.807, 2.05) is 24.3 Å². The summed E-state index contributed by atoms with van der Waals surface area (Å²) in [5.41, 5.74) is 2.04. The molecule has 1 N–H and O–H groups in total. The molecule has 0 saturated heterocycles. The predicted molar refractivity (Wildman–Crippen MR) is 80.5 cm³/mol. The zero-order valence-corrected chi connectivity index (χ0v) is 13.2. The van der Waals surface area contributed by atoms with Gasteiger partial charge in [-0.2, -0.15) is 0 Å². The Morgan fingerprint density at radius 3 is 2.20 bits per heavy atom. The molecule has 0 aliphatic carbocycles. The first-order valence-electron chi connectivity index (χ1n) is 6.73. The van der Waals surface area contributed by atoms with E-state index in [1.54, 1.807) is 0 Å². The molecule has 0 heterocycles. The lowest BCUT2D eigenvalue weighted by Gasteiger charge is -2.19. The fourth-order valence-electron chi connectivity index (χ4n) is 1.78. The molecule has 0 unspecified atom stereocenters. The van der Waals surface area contributed by atoms with Crippen molar-refractivity contribution in [3.8, 4) is 0 Å². The van der Waals surface area contributed by atoms with Gasteiger partial charge in [-0.1, -0.05) is 45.0 Å². The van der Waals surface area contributed by atoms with Crippen LogP contribution in [0.2, 0.25) is 0 Å². The van der Waals surface area contributed by atoms with Crippen molar-refractivity contribution in [2.75, 3.05) is 25.6 Å². The molecule has 4 nitrogen and oxygen atoms in total. The van der Waals surface area contributed by atoms with Crippen molar-refractivity contribution in [3.05, 3.63) is 35.4 Å². The van der Waals surface area contributed by atoms with E-state index in [0.29, 0.717) is 0 Å². The van der Waals surface area contributed by atoms with Crippen LogP contribution in [0.3, 0.4) is 0 Å². The lowest BCUT2D eigenvalue weighted by molar-refractivity contribution is 0.103. The van der Waals surface area contributed by atoms with Crippen LogP contribution < -0.4 is 0 Å². The number of sulfone groups is 1. The minimum Gasteiger partial charge on any atom is -0.394 e. The van der Waals surface area contributed by atoms with E-state index in [-0.39, 0.29) is 36.7 Å². The molecule has 114 valence electrons. The van der Waals surface area contributed by atoms with E-state index in [4.69, 9.17) is 9.84 Å². The molecular formula is C15H24O4S. The number of benzene rings is 1. The zero-order chi connectivity index (χ0) is 15.2. The molecule has 0 radical (unpaired) electrons. The Kier molecular flexibility index (Phi) is 6.17. The topological polar surface area (TPSA) is 63.6 Å². The zero-order valence-electron chi connectivity index (χ0n) is 12.4. The SMILES string of the molecule is CC(C)(C)c1ccc(CS(=O)(=O)CCOCCO)cc1. The van der Waals surface area contributed by atoms with Gasteiger partial charge >= 0.3 is 0 Å². The Morgan fingerprint density at radius 2 is 1.70 bits per heavy atom. The summed E-state index contributed by atoms with van der Waals surface area (Å²) in [6.07, 6.45) is 0. The Labute approximate surface area is 121 Å². The molecule has 0 saturated carbocycles. The first-order valence-corrected chi connectivity index (χ1v) is 8.55. The molecule has 0 amide bonds. The molecule has 5 heteroatoms. The number of ether oxygens (including phenoxy) is 1. The van der Waals surface area contributed by atoms with Crippen molar-refractivity contribution in [2.24, 2.45) is 0 Å². The standard InChI is InChI=1S/C15H24O4S/c1-15(2,3)14-6-4-13(5-7-14)12-20(17,18)11-10-19-9-8-16/h4-7,16H,8-12H2,1-3H3. The summed E-state index contributed by atoms with van der Waals surface area (Å²) in [5.74, 6) is 0.00787. The van der Waals surface area contributed by atoms with Gasteiger partial charge in [0.15, 0.2) is 9.84 Å². The van der Waals surface area contributed by atoms with Gasteiger partial charge in [0.25, 0.3) is 0 Å². The van der Waals surface area contributed by atoms with Crippen LogP contribution in [0.15, 0.2) is 24.3 Å². The molecule has 0 aliphatic heterocycles. The highest BCUT2D eigenvalue weighted by Gasteiger charge is 2.15. The maximum atomic E-state index is 11.9. The molecular weight excluding hydrogens is 276 g/mol. The van der Waals surface area contributed by atoms with Crippen LogP contribution in [0.4, 0.5) is 0 Å². The summed E-state index contributed by atoms with van der Waals surface area (Å²) in [5, 5.41) is 8.55. The lowest BCUT2D eigenvalue weighted by Crippen LogP contribution is -2.16. The molecule has 0 atom stereocenters. The molecule has 20 heavy (non-hydrogen) atoms. The van der Waals surface area contributed by atoms with Crippen molar-refractivity contribution in [1.29, 1.82) is 0 Å². The van der Waals surface area contributed by atoms with Crippen LogP contribution in [-0.4, -0.2) is 39.1 Å². The summed E-state index contributed by atoms with van der Waals surface area (Å²) in [7, 11) is -3.17. The first-order chi connectivity index (χ1) is 9.24. The van der Waals surface area contributed by atoms with E-state index < -0.39 is 9.84 Å². The van der Waals surface area contributed by atoms with Crippen LogP contribution >= 0.6 is 0 Å². The Balaban J connectivity index is 2.59. The Hall–Kier alpha value is -0.910. The highest BCUT2D eigenvalue weighted by Crippen LogP contribution is 2.22. The van der Waals surface area contributed by atoms with Gasteiger partial charge in [0, 0.05) is 0 Å². The monoisotopic (exact) mass is 300 g/mol. The molecule has 1 aromatic carbocycles. The van der Waals surface area contributed by atoms with E-state index >= 15 is 0 Å². The molecule has 0 bridgehead atoms. The van der Waals surface area contributed by atoms with Gasteiger partial charge in [0.1, 0.15) is 0 Å². The fourth-order valence-corrected chi connectivity index (χ4v) is 3.00. The number of aliphatic hydroxyl groups excluding tert-OH is 1. The molecule has 0 spiro atoms. The van der Waals surface area contributed by atoms with Gasteiger partial charge in [-0.3, -0.25) is 0 Å². The predicted octanol–water partition coefficient (Wildman–Crippen LogP) is 1.91. The third kappa shape index (κ3) is 6.03. The second-order valence-corrected chi connectivity index (χ2v) is 8.06. The molecule has 1 rings (SSSR count). The van der Waals surface area contributed by atoms with Crippen molar-refractivity contribution in [3.63, 3.8) is 0 Å². The average Bonchev–Trinajstić information content (AvgIpc) is 2.34. The molecule has 0 aliphatic rings. The van der Waals surface area contributed by atoms with E-state index in [0.717, 1.165) is 5.56 Å². The quantitative estimate of drug-likeness (QED) is 0.781. The van der Waals surface area contributed by atoms with Crippen LogP contribution in [0.25, 0.3) is 0 Å². The number of aliphatic hydroxyl groups is 1. The van der Waals surface area contributed by atoms with Gasteiger partial charge in [-0.25, -0.2) is 8.42 Å². The van der Waals surface area contributed by atoms with E-state index in [2.05, 4.69) is 20.8 Å². The van der Waals surface area contributed by atoms with Gasteiger partial charge in [-0.15, -0.1) is 0 Å². The number of hydrogen-bond acceptors (Lipinski definition) is 4. The number of rotatable bonds is 7. The molecule has 0 aromatic heterocycles. The van der Waals surface area contributed by atoms with Gasteiger partial charge in [0.05, 0.1) is 31.3 Å². The number of hydrogen-bond donors (Lipinski definition) is 1. The average molecular weight is 300 g/mol. The summed E-state index contributed by atoms with van der Waals surface area (Å²) in [4.78, 5) is 0. The van der Waals surface area contributed by atoms with Crippen molar-refractivity contribution in [2.45, 2.75) is 31.9 Å². The van der Waals surface area contributed by atoms with Crippen LogP contribution in [0.1, 0.15) is 31.9 Å². The summed E-state index contributed by atoms with van der Waals surface area (Å²) in [6, 6.07) is 7.69. The maximum Gasteiger partial charge on any atom is 0.156 e. The minimum atomic E-state index is -3.17. The third-order valence-corrected chi connectivity index (χ3v) is 4.54. The van der Waals surface area contributed by atoms with Gasteiger partial charge in [-0.05, 0) is 16.5 Å². The normalized spacial score (nSPS) is 12.6. The van der Waals surface area contributed by atoms with Crippen LogP contribution in [0, 0.1) is 0 Å². The highest BCUT2D eigenvalue weighted by atomic mass is 32.2. The van der Waals surface area contributed by atoms with Gasteiger partial charge < -0.3 is 9.84 Å². The minimum absolute atomic E-state index is 0.0198. The lowest BCUT2D eigenvalue weighted by atomic mass is 9.87. The van der Waals surface area contributed by atoms with E-state index in [9.17, 15) is 8.42 Å². The molecule has 1 aromatic rings. The summed E-state index contributed by atoms with van der Waals surface area (Å²) in [6.45, 7) is 6.58. The summed E-state index contributed by atoms with van der Waals surface area (Å²) < 4.78 is 28.8. The van der Waals surface area contributed by atoms with Crippen LogP contribution in [-0.2, 0) is 25.7 Å². The van der Waals surface area contributed by atoms with E-state index in [1.165, 1.54) is 5.56 Å². The van der Waals surface area contributed by atoms with Crippen LogP contribution in [0.5, 0.6) is 0 Å². The Bertz CT molecular complexity index is 498. The second kappa shape index (κ2) is 7.20.